The average molecular weight is 535 g/mol. The zero-order valence-electron chi connectivity index (χ0n) is 18.0. The van der Waals surface area contributed by atoms with Gasteiger partial charge in [-0.3, -0.25) is 19.0 Å². The number of nitrogens with zero attached hydrogens (tertiary/aromatic N) is 1. The Kier molecular flexibility index (Phi) is 7.79. The molecule has 1 heterocycles. The molecule has 11 heteroatoms. The summed E-state index contributed by atoms with van der Waals surface area (Å²) in [6.07, 6.45) is 0. The van der Waals surface area contributed by atoms with Gasteiger partial charge in [0.1, 0.15) is 28.5 Å². The van der Waals surface area contributed by atoms with Gasteiger partial charge in [0.15, 0.2) is 0 Å². The lowest BCUT2D eigenvalue weighted by atomic mass is 10.1. The molecule has 0 spiro atoms. The second-order valence-electron chi connectivity index (χ2n) is 7.40. The number of aromatic nitrogens is 1. The Morgan fingerprint density at radius 3 is 2.56 bits per heavy atom. The van der Waals surface area contributed by atoms with Gasteiger partial charge in [-0.05, 0) is 53.2 Å². The maximum atomic E-state index is 14.0. The van der Waals surface area contributed by atoms with Crippen LogP contribution in [-0.4, -0.2) is 22.4 Å². The number of rotatable bonds is 8. The molecule has 0 saturated heterocycles. The predicted octanol–water partition coefficient (Wildman–Crippen LogP) is 2.52. The first kappa shape index (κ1) is 25.1. The van der Waals surface area contributed by atoms with Crippen molar-refractivity contribution in [3.8, 4) is 11.4 Å². The Bertz CT molecular complexity index is 1310. The average Bonchev–Trinajstić information content (AvgIpc) is 2.79. The van der Waals surface area contributed by atoms with Crippen LogP contribution in [0.25, 0.3) is 5.69 Å². The van der Waals surface area contributed by atoms with E-state index in [0.29, 0.717) is 11.4 Å². The van der Waals surface area contributed by atoms with Gasteiger partial charge in [0.2, 0.25) is 11.8 Å². The normalized spacial score (nSPS) is 11.7. The van der Waals surface area contributed by atoms with Gasteiger partial charge in [-0.15, -0.1) is 0 Å². The number of nitrogens with two attached hydrogens (primary N) is 2. The van der Waals surface area contributed by atoms with E-state index >= 15 is 0 Å². The van der Waals surface area contributed by atoms with E-state index in [-0.39, 0.29) is 34.5 Å². The summed E-state index contributed by atoms with van der Waals surface area (Å²) in [6, 6.07) is 9.82. The summed E-state index contributed by atoms with van der Waals surface area (Å²) in [5.41, 5.74) is 11.3. The van der Waals surface area contributed by atoms with Crippen molar-refractivity contribution < 1.29 is 23.1 Å². The first-order valence-electron chi connectivity index (χ1n) is 10.0. The van der Waals surface area contributed by atoms with Crippen molar-refractivity contribution in [2.24, 2.45) is 11.5 Å². The Labute approximate surface area is 201 Å². The highest BCUT2D eigenvalue weighted by molar-refractivity contribution is 9.10. The van der Waals surface area contributed by atoms with Crippen molar-refractivity contribution in [2.45, 2.75) is 26.1 Å². The molecule has 3 rings (SSSR count). The molecule has 0 radical (unpaired) electrons. The third kappa shape index (κ3) is 5.67. The number of ether oxygens (including phenoxy) is 1. The molecule has 0 bridgehead atoms. The summed E-state index contributed by atoms with van der Waals surface area (Å²) in [6.45, 7) is 1.12. The number of nitrogens with one attached hydrogen (secondary N) is 1. The fraction of sp³-hybridized carbons (Fsp3) is 0.174. The first-order chi connectivity index (χ1) is 16.1. The fourth-order valence-electron chi connectivity index (χ4n) is 3.06. The number of primary amides is 1. The highest BCUT2D eigenvalue weighted by atomic mass is 79.9. The molecule has 1 aromatic heterocycles. The summed E-state index contributed by atoms with van der Waals surface area (Å²) in [4.78, 5) is 36.9. The number of hydrogen-bond acceptors (Lipinski definition) is 5. The summed E-state index contributed by atoms with van der Waals surface area (Å²) in [5.74, 6) is -2.58. The minimum Gasteiger partial charge on any atom is -0.487 e. The van der Waals surface area contributed by atoms with Gasteiger partial charge in [-0.2, -0.15) is 0 Å². The lowest BCUT2D eigenvalue weighted by molar-refractivity contribution is -0.122. The molecule has 0 fully saturated rings. The first-order valence-corrected chi connectivity index (χ1v) is 10.8. The monoisotopic (exact) mass is 534 g/mol. The largest absolute Gasteiger partial charge is 0.487 e. The van der Waals surface area contributed by atoms with Gasteiger partial charge in [0.25, 0.3) is 5.56 Å². The molecule has 0 aliphatic rings. The standard InChI is InChI=1S/C23H21BrF2N4O4/c1-12(27)22(32)29-10-17-9-19(34-11-14-5-6-15(25)8-18(14)26)20(24)23(33)30(17)16-4-2-3-13(7-16)21(28)31/h2-9,12H,10-11,27H2,1H3,(H2,28,31)(H,29,32). The molecular weight excluding hydrogens is 514 g/mol. The van der Waals surface area contributed by atoms with Crippen molar-refractivity contribution in [3.63, 3.8) is 0 Å². The molecule has 2 amide bonds. The van der Waals surface area contributed by atoms with Crippen molar-refractivity contribution in [3.05, 3.63) is 91.8 Å². The molecule has 1 atom stereocenters. The van der Waals surface area contributed by atoms with E-state index in [4.69, 9.17) is 16.2 Å². The van der Waals surface area contributed by atoms with E-state index in [1.165, 1.54) is 35.8 Å². The van der Waals surface area contributed by atoms with Crippen LogP contribution < -0.4 is 27.1 Å². The van der Waals surface area contributed by atoms with E-state index in [1.54, 1.807) is 12.1 Å². The van der Waals surface area contributed by atoms with E-state index in [1.807, 2.05) is 0 Å². The molecule has 8 nitrogen and oxygen atoms in total. The molecule has 2 aromatic carbocycles. The number of carbonyl (C=O) groups is 2. The SMILES string of the molecule is CC(N)C(=O)NCc1cc(OCc2ccc(F)cc2F)c(Br)c(=O)n1-c1cccc(C(N)=O)c1. The van der Waals surface area contributed by atoms with E-state index in [2.05, 4.69) is 21.2 Å². The number of hydrogen-bond donors (Lipinski definition) is 3. The maximum absolute atomic E-state index is 14.0. The van der Waals surface area contributed by atoms with Crippen LogP contribution >= 0.6 is 15.9 Å². The van der Waals surface area contributed by atoms with Crippen LogP contribution in [0, 0.1) is 11.6 Å². The van der Waals surface area contributed by atoms with Crippen molar-refractivity contribution in [1.29, 1.82) is 0 Å². The Morgan fingerprint density at radius 1 is 1.18 bits per heavy atom. The van der Waals surface area contributed by atoms with Crippen LogP contribution in [0.1, 0.15) is 28.5 Å². The van der Waals surface area contributed by atoms with Crippen LogP contribution in [0.3, 0.4) is 0 Å². The van der Waals surface area contributed by atoms with Crippen LogP contribution in [0.15, 0.2) is 57.8 Å². The predicted molar refractivity (Wildman–Crippen MR) is 124 cm³/mol. The van der Waals surface area contributed by atoms with Crippen LogP contribution in [0.2, 0.25) is 0 Å². The van der Waals surface area contributed by atoms with Crippen LogP contribution in [-0.2, 0) is 17.9 Å². The zero-order valence-corrected chi connectivity index (χ0v) is 19.6. The highest BCUT2D eigenvalue weighted by Gasteiger charge is 2.18. The third-order valence-electron chi connectivity index (χ3n) is 4.84. The molecule has 1 unspecified atom stereocenters. The number of carbonyl (C=O) groups excluding carboxylic acids is 2. The zero-order chi connectivity index (χ0) is 25.0. The van der Waals surface area contributed by atoms with Gasteiger partial charge in [-0.1, -0.05) is 6.07 Å². The van der Waals surface area contributed by atoms with Gasteiger partial charge in [0, 0.05) is 34.6 Å². The Balaban J connectivity index is 2.05. The molecule has 3 aromatic rings. The van der Waals surface area contributed by atoms with Crippen molar-refractivity contribution in [2.75, 3.05) is 0 Å². The number of pyridine rings is 1. The van der Waals surface area contributed by atoms with Crippen molar-refractivity contribution in [1.82, 2.24) is 9.88 Å². The third-order valence-corrected chi connectivity index (χ3v) is 5.57. The topological polar surface area (TPSA) is 129 Å². The number of halogens is 3. The lowest BCUT2D eigenvalue weighted by Crippen LogP contribution is -2.39. The van der Waals surface area contributed by atoms with E-state index in [9.17, 15) is 23.2 Å². The Hall–Kier alpha value is -3.57. The fourth-order valence-corrected chi connectivity index (χ4v) is 3.47. The molecule has 0 aliphatic heterocycles. The lowest BCUT2D eigenvalue weighted by Gasteiger charge is -2.18. The molecule has 5 N–H and O–H groups in total. The summed E-state index contributed by atoms with van der Waals surface area (Å²) >= 11 is 3.21. The summed E-state index contributed by atoms with van der Waals surface area (Å²) in [5, 5.41) is 2.62. The van der Waals surface area contributed by atoms with Crippen LogP contribution in [0.5, 0.6) is 5.75 Å². The second-order valence-corrected chi connectivity index (χ2v) is 8.19. The Morgan fingerprint density at radius 2 is 1.91 bits per heavy atom. The molecule has 178 valence electrons. The van der Waals surface area contributed by atoms with Crippen molar-refractivity contribution >= 4 is 27.7 Å². The molecule has 0 saturated carbocycles. The van der Waals surface area contributed by atoms with Gasteiger partial charge in [0.05, 0.1) is 12.6 Å². The van der Waals surface area contributed by atoms with E-state index in [0.717, 1.165) is 12.1 Å². The quantitative estimate of drug-likeness (QED) is 0.408. The number of benzene rings is 2. The minimum absolute atomic E-state index is 0.0155. The van der Waals surface area contributed by atoms with Gasteiger partial charge >= 0.3 is 0 Å². The van der Waals surface area contributed by atoms with Crippen LogP contribution in [0.4, 0.5) is 8.78 Å². The number of amides is 2. The highest BCUT2D eigenvalue weighted by Crippen LogP contribution is 2.26. The smallest absolute Gasteiger partial charge is 0.273 e. The second kappa shape index (κ2) is 10.6. The summed E-state index contributed by atoms with van der Waals surface area (Å²) in [7, 11) is 0. The summed E-state index contributed by atoms with van der Waals surface area (Å²) < 4.78 is 34.1. The molecule has 0 aliphatic carbocycles. The van der Waals surface area contributed by atoms with Gasteiger partial charge < -0.3 is 21.5 Å². The van der Waals surface area contributed by atoms with E-state index < -0.39 is 35.0 Å². The maximum Gasteiger partial charge on any atom is 0.273 e. The molecular formula is C23H21BrF2N4O4. The molecule has 34 heavy (non-hydrogen) atoms. The van der Waals surface area contributed by atoms with Gasteiger partial charge in [-0.25, -0.2) is 8.78 Å². The minimum atomic E-state index is -0.794.